The van der Waals surface area contributed by atoms with E-state index < -0.39 is 5.97 Å². The van der Waals surface area contributed by atoms with E-state index in [1.807, 2.05) is 12.8 Å². The molecule has 0 saturated heterocycles. The Morgan fingerprint density at radius 3 is 2.67 bits per heavy atom. The Morgan fingerprint density at radius 1 is 1.56 bits per heavy atom. The van der Waals surface area contributed by atoms with Crippen molar-refractivity contribution in [2.75, 3.05) is 0 Å². The Morgan fingerprint density at radius 2 is 2.22 bits per heavy atom. The third-order valence-corrected chi connectivity index (χ3v) is 0.846. The fraction of sp³-hybridized carbons (Fsp3) is 0.571. The summed E-state index contributed by atoms with van der Waals surface area (Å²) < 4.78 is 0. The van der Waals surface area contributed by atoms with Gasteiger partial charge in [-0.1, -0.05) is 19.3 Å². The standard InChI is InChI=1S/C7H9O2/c1-2-3-4-5-6-7(8)9/h2-4H2,1H3. The van der Waals surface area contributed by atoms with Crippen LogP contribution in [0.2, 0.25) is 0 Å². The molecular weight excluding hydrogens is 116 g/mol. The first-order chi connectivity index (χ1) is 4.27. The molecule has 2 heteroatoms. The molecule has 0 N–H and O–H groups in total. The fourth-order valence-corrected chi connectivity index (χ4v) is 0.400. The Kier molecular flexibility index (Phi) is 4.61. The van der Waals surface area contributed by atoms with E-state index >= 15 is 0 Å². The molecular formula is C7H9O2. The average Bonchev–Trinajstić information content (AvgIpc) is 1.80. The molecule has 0 aromatic heterocycles. The van der Waals surface area contributed by atoms with Gasteiger partial charge in [-0.25, -0.2) is 9.90 Å². The van der Waals surface area contributed by atoms with E-state index in [4.69, 9.17) is 0 Å². The third-order valence-electron chi connectivity index (χ3n) is 0.846. The summed E-state index contributed by atoms with van der Waals surface area (Å²) in [6.45, 7) is 2.03. The summed E-state index contributed by atoms with van der Waals surface area (Å²) in [5, 5.41) is 9.68. The van der Waals surface area contributed by atoms with Crippen LogP contribution in [0.4, 0.5) is 0 Å². The monoisotopic (exact) mass is 125 g/mol. The second kappa shape index (κ2) is 5.17. The van der Waals surface area contributed by atoms with E-state index in [1.165, 1.54) is 0 Å². The summed E-state index contributed by atoms with van der Waals surface area (Å²) in [5.74, 6) is 3.12. The SMILES string of the molecule is CCCCC#CC([O])=O. The normalized spacial score (nSPS) is 7.67. The topological polar surface area (TPSA) is 37.0 Å². The summed E-state index contributed by atoms with van der Waals surface area (Å²) in [5.41, 5.74) is 0. The summed E-state index contributed by atoms with van der Waals surface area (Å²) >= 11 is 0. The highest BCUT2D eigenvalue weighted by Gasteiger charge is 1.85. The van der Waals surface area contributed by atoms with Gasteiger partial charge in [0.15, 0.2) is 0 Å². The van der Waals surface area contributed by atoms with Gasteiger partial charge in [-0.05, 0) is 6.42 Å². The summed E-state index contributed by atoms with van der Waals surface area (Å²) in [7, 11) is 0. The zero-order valence-electron chi connectivity index (χ0n) is 5.44. The second-order valence-electron chi connectivity index (χ2n) is 1.69. The first-order valence-electron chi connectivity index (χ1n) is 2.97. The van der Waals surface area contributed by atoms with Crippen molar-refractivity contribution < 1.29 is 9.90 Å². The van der Waals surface area contributed by atoms with Crippen LogP contribution < -0.4 is 0 Å². The molecule has 0 aromatic carbocycles. The van der Waals surface area contributed by atoms with Crippen LogP contribution in [-0.4, -0.2) is 5.97 Å². The molecule has 1 radical (unpaired) electrons. The quantitative estimate of drug-likeness (QED) is 0.402. The van der Waals surface area contributed by atoms with E-state index in [1.54, 1.807) is 0 Å². The van der Waals surface area contributed by atoms with E-state index in [0.29, 0.717) is 6.42 Å². The summed E-state index contributed by atoms with van der Waals surface area (Å²) in [6, 6.07) is 0. The lowest BCUT2D eigenvalue weighted by atomic mass is 10.2. The maximum absolute atomic E-state index is 9.68. The molecule has 0 fully saturated rings. The maximum atomic E-state index is 9.68. The predicted molar refractivity (Wildman–Crippen MR) is 33.0 cm³/mol. The van der Waals surface area contributed by atoms with Gasteiger partial charge in [-0.3, -0.25) is 0 Å². The van der Waals surface area contributed by atoms with Crippen molar-refractivity contribution >= 4 is 5.97 Å². The number of rotatable bonds is 2. The van der Waals surface area contributed by atoms with Crippen LogP contribution in [0.25, 0.3) is 0 Å². The maximum Gasteiger partial charge on any atom is 0.429 e. The van der Waals surface area contributed by atoms with Crippen LogP contribution in [0, 0.1) is 11.8 Å². The molecule has 2 nitrogen and oxygen atoms in total. The minimum absolute atomic E-state index is 0.657. The molecule has 0 unspecified atom stereocenters. The van der Waals surface area contributed by atoms with Crippen LogP contribution in [0.1, 0.15) is 26.2 Å². The molecule has 9 heavy (non-hydrogen) atoms. The lowest BCUT2D eigenvalue weighted by Gasteiger charge is -1.80. The van der Waals surface area contributed by atoms with Gasteiger partial charge < -0.3 is 0 Å². The zero-order chi connectivity index (χ0) is 7.11. The number of unbranched alkanes of at least 4 members (excludes halogenated alkanes) is 2. The summed E-state index contributed by atoms with van der Waals surface area (Å²) in [4.78, 5) is 9.68. The predicted octanol–water partition coefficient (Wildman–Crippen LogP) is 1.14. The Hall–Kier alpha value is -0.970. The number of carbonyl (C=O) groups excluding carboxylic acids is 1. The highest BCUT2D eigenvalue weighted by Crippen LogP contribution is 1.89. The van der Waals surface area contributed by atoms with Crippen LogP contribution in [0.15, 0.2) is 0 Å². The van der Waals surface area contributed by atoms with Gasteiger partial charge in [0, 0.05) is 12.3 Å². The van der Waals surface area contributed by atoms with Crippen molar-refractivity contribution in [3.63, 3.8) is 0 Å². The minimum atomic E-state index is -1.29. The lowest BCUT2D eigenvalue weighted by molar-refractivity contribution is -0.136. The molecule has 0 aliphatic rings. The van der Waals surface area contributed by atoms with Crippen LogP contribution in [-0.2, 0) is 9.90 Å². The lowest BCUT2D eigenvalue weighted by Crippen LogP contribution is -1.83. The molecule has 0 spiro atoms. The molecule has 0 amide bonds. The van der Waals surface area contributed by atoms with Crippen molar-refractivity contribution in [1.82, 2.24) is 0 Å². The van der Waals surface area contributed by atoms with Crippen LogP contribution in [0.3, 0.4) is 0 Å². The molecule has 0 atom stereocenters. The molecule has 0 aromatic rings. The van der Waals surface area contributed by atoms with E-state index in [9.17, 15) is 9.90 Å². The van der Waals surface area contributed by atoms with Crippen LogP contribution >= 0.6 is 0 Å². The highest BCUT2D eigenvalue weighted by atomic mass is 16.4. The molecule has 0 aliphatic heterocycles. The number of hydrogen-bond donors (Lipinski definition) is 0. The molecule has 49 valence electrons. The number of carbonyl (C=O) groups is 1. The van der Waals surface area contributed by atoms with E-state index in [2.05, 4.69) is 5.92 Å². The van der Waals surface area contributed by atoms with Crippen molar-refractivity contribution in [2.45, 2.75) is 26.2 Å². The molecule has 0 heterocycles. The average molecular weight is 125 g/mol. The second-order valence-corrected chi connectivity index (χ2v) is 1.69. The van der Waals surface area contributed by atoms with Crippen molar-refractivity contribution in [3.05, 3.63) is 0 Å². The minimum Gasteiger partial charge on any atom is -0.231 e. The molecule has 0 aliphatic carbocycles. The Bertz CT molecular complexity index is 139. The Labute approximate surface area is 54.9 Å². The van der Waals surface area contributed by atoms with Crippen LogP contribution in [0.5, 0.6) is 0 Å². The van der Waals surface area contributed by atoms with Crippen molar-refractivity contribution in [2.24, 2.45) is 0 Å². The Balaban J connectivity index is 3.27. The smallest absolute Gasteiger partial charge is 0.231 e. The first kappa shape index (κ1) is 8.03. The van der Waals surface area contributed by atoms with Gasteiger partial charge >= 0.3 is 5.97 Å². The van der Waals surface area contributed by atoms with Gasteiger partial charge in [0.1, 0.15) is 0 Å². The summed E-state index contributed by atoms with van der Waals surface area (Å²) in [6.07, 6.45) is 2.66. The van der Waals surface area contributed by atoms with Gasteiger partial charge in [-0.2, -0.15) is 0 Å². The highest BCUT2D eigenvalue weighted by molar-refractivity contribution is 5.85. The van der Waals surface area contributed by atoms with E-state index in [-0.39, 0.29) is 0 Å². The zero-order valence-corrected chi connectivity index (χ0v) is 5.44. The third kappa shape index (κ3) is 7.03. The molecule has 0 saturated carbocycles. The van der Waals surface area contributed by atoms with Gasteiger partial charge in [0.25, 0.3) is 0 Å². The first-order valence-corrected chi connectivity index (χ1v) is 2.97. The van der Waals surface area contributed by atoms with Gasteiger partial charge in [-0.15, -0.1) is 0 Å². The fourth-order valence-electron chi connectivity index (χ4n) is 0.400. The van der Waals surface area contributed by atoms with E-state index in [0.717, 1.165) is 12.8 Å². The number of hydrogen-bond acceptors (Lipinski definition) is 1. The van der Waals surface area contributed by atoms with Gasteiger partial charge in [0.2, 0.25) is 0 Å². The van der Waals surface area contributed by atoms with Gasteiger partial charge in [0.05, 0.1) is 0 Å². The largest absolute Gasteiger partial charge is 0.429 e. The molecule has 0 bridgehead atoms. The van der Waals surface area contributed by atoms with Crippen molar-refractivity contribution in [3.8, 4) is 11.8 Å². The van der Waals surface area contributed by atoms with Crippen molar-refractivity contribution in [1.29, 1.82) is 0 Å². The molecule has 0 rings (SSSR count).